The smallest absolute Gasteiger partial charge is 0.325 e. The standard InChI is InChI=1S/C32H39FN2O9/c1-30-15-27(38)32(33)24(7-6-21-14-22(36)10-11-31(21,32)2)23(30)8-9-25(30)26(37)18-43-29(40)16-34-28(39)13-19-4-3-5-20(12-19)17-44-35(41)42/h3-5,10-12,14,23-25,27,38,41-42H,6-9,13,15-18H2,1-2H3,(H,34,39)/t23?,24-,25?,27-,30-,31-,32?/m0/s1. The van der Waals surface area contributed by atoms with Crippen LogP contribution in [0.15, 0.2) is 48.1 Å². The lowest BCUT2D eigenvalue weighted by Crippen LogP contribution is -2.66. The van der Waals surface area contributed by atoms with Gasteiger partial charge in [0.25, 0.3) is 0 Å². The molecule has 12 heteroatoms. The van der Waals surface area contributed by atoms with Crippen molar-refractivity contribution >= 4 is 23.4 Å². The van der Waals surface area contributed by atoms with Crippen molar-refractivity contribution in [1.82, 2.24) is 10.7 Å². The van der Waals surface area contributed by atoms with Crippen molar-refractivity contribution in [2.45, 2.75) is 70.8 Å². The van der Waals surface area contributed by atoms with Gasteiger partial charge in [0, 0.05) is 17.3 Å². The van der Waals surface area contributed by atoms with E-state index in [1.54, 1.807) is 37.3 Å². The predicted molar refractivity (Wildman–Crippen MR) is 151 cm³/mol. The molecule has 3 unspecified atom stereocenters. The highest BCUT2D eigenvalue weighted by atomic mass is 19.1. The van der Waals surface area contributed by atoms with Crippen LogP contribution < -0.4 is 5.32 Å². The summed E-state index contributed by atoms with van der Waals surface area (Å²) in [6, 6.07) is 6.68. The molecule has 4 aliphatic carbocycles. The fourth-order valence-electron chi connectivity index (χ4n) is 8.42. The van der Waals surface area contributed by atoms with Crippen molar-refractivity contribution in [2.24, 2.45) is 28.6 Å². The monoisotopic (exact) mass is 614 g/mol. The third kappa shape index (κ3) is 5.77. The molecule has 4 N–H and O–H groups in total. The third-order valence-electron chi connectivity index (χ3n) is 10.5. The van der Waals surface area contributed by atoms with Crippen LogP contribution in [-0.4, -0.2) is 69.3 Å². The van der Waals surface area contributed by atoms with E-state index in [2.05, 4.69) is 10.2 Å². The van der Waals surface area contributed by atoms with E-state index >= 15 is 4.39 Å². The van der Waals surface area contributed by atoms with Crippen molar-refractivity contribution in [3.05, 3.63) is 59.2 Å². The fraction of sp³-hybridized carbons (Fsp3) is 0.562. The Bertz CT molecular complexity index is 1400. The van der Waals surface area contributed by atoms with Gasteiger partial charge in [-0.25, -0.2) is 9.23 Å². The molecule has 4 aliphatic rings. The van der Waals surface area contributed by atoms with Crippen LogP contribution in [0.25, 0.3) is 0 Å². The number of Topliss-reactive ketones (excluding diaryl/α,β-unsaturated/α-hetero) is 1. The minimum absolute atomic E-state index is 0.0498. The maximum atomic E-state index is 17.2. The number of halogens is 1. The molecule has 1 aromatic rings. The van der Waals surface area contributed by atoms with Crippen LogP contribution in [0, 0.1) is 28.6 Å². The number of rotatable bonds is 10. The van der Waals surface area contributed by atoms with E-state index in [0.717, 1.165) is 0 Å². The molecule has 0 saturated heterocycles. The number of benzene rings is 1. The molecule has 3 fully saturated rings. The van der Waals surface area contributed by atoms with Gasteiger partial charge in [-0.15, -0.1) is 0 Å². The summed E-state index contributed by atoms with van der Waals surface area (Å²) >= 11 is 0. The zero-order chi connectivity index (χ0) is 31.9. The highest BCUT2D eigenvalue weighted by molar-refractivity contribution is 6.01. The molecule has 0 heterocycles. The molecule has 0 radical (unpaired) electrons. The Morgan fingerprint density at radius 1 is 1.11 bits per heavy atom. The number of nitrogens with one attached hydrogen (secondary N) is 1. The second-order valence-electron chi connectivity index (χ2n) is 12.9. The van der Waals surface area contributed by atoms with Gasteiger partial charge in [0.1, 0.15) is 13.2 Å². The van der Waals surface area contributed by atoms with E-state index < -0.39 is 64.9 Å². The summed E-state index contributed by atoms with van der Waals surface area (Å²) < 4.78 is 22.4. The first-order chi connectivity index (χ1) is 20.8. The lowest BCUT2D eigenvalue weighted by atomic mass is 9.45. The summed E-state index contributed by atoms with van der Waals surface area (Å²) in [5, 5.41) is 30.8. The van der Waals surface area contributed by atoms with Gasteiger partial charge in [0.2, 0.25) is 5.91 Å². The van der Waals surface area contributed by atoms with Gasteiger partial charge in [-0.05, 0) is 73.6 Å². The Morgan fingerprint density at radius 2 is 1.86 bits per heavy atom. The second-order valence-corrected chi connectivity index (χ2v) is 12.9. The molecule has 44 heavy (non-hydrogen) atoms. The first-order valence-corrected chi connectivity index (χ1v) is 14.9. The van der Waals surface area contributed by atoms with Gasteiger partial charge >= 0.3 is 5.97 Å². The largest absolute Gasteiger partial charge is 0.456 e. The molecule has 0 aromatic heterocycles. The number of carbonyl (C=O) groups excluding carboxylic acids is 4. The lowest BCUT2D eigenvalue weighted by Gasteiger charge is -2.62. The lowest BCUT2D eigenvalue weighted by molar-refractivity contribution is -0.497. The van der Waals surface area contributed by atoms with Gasteiger partial charge in [-0.1, -0.05) is 42.8 Å². The quantitative estimate of drug-likeness (QED) is 0.228. The number of aliphatic hydroxyl groups is 1. The van der Waals surface area contributed by atoms with Crippen LogP contribution in [0.2, 0.25) is 0 Å². The number of alkyl halides is 1. The topological polar surface area (TPSA) is 163 Å². The number of aliphatic hydroxyl groups excluding tert-OH is 1. The van der Waals surface area contributed by atoms with Crippen LogP contribution in [0.4, 0.5) is 4.39 Å². The van der Waals surface area contributed by atoms with Crippen molar-refractivity contribution in [3.8, 4) is 0 Å². The van der Waals surface area contributed by atoms with Gasteiger partial charge in [0.05, 0.1) is 24.5 Å². The molecule has 1 aromatic carbocycles. The molecule has 7 atom stereocenters. The number of carbonyl (C=O) groups is 4. The van der Waals surface area contributed by atoms with Crippen LogP contribution in [0.1, 0.15) is 57.1 Å². The summed E-state index contributed by atoms with van der Waals surface area (Å²) in [4.78, 5) is 54.6. The number of hydrogen-bond donors (Lipinski definition) is 4. The maximum Gasteiger partial charge on any atom is 0.325 e. The molecule has 0 spiro atoms. The number of fused-ring (bicyclic) bond motifs is 5. The van der Waals surface area contributed by atoms with E-state index in [1.807, 2.05) is 6.92 Å². The van der Waals surface area contributed by atoms with Crippen molar-refractivity contribution in [1.29, 1.82) is 0 Å². The van der Waals surface area contributed by atoms with Gasteiger partial charge in [0.15, 0.2) is 17.2 Å². The highest BCUT2D eigenvalue weighted by Gasteiger charge is 2.70. The Balaban J connectivity index is 1.14. The first kappa shape index (κ1) is 32.1. The third-order valence-corrected chi connectivity index (χ3v) is 10.5. The van der Waals surface area contributed by atoms with E-state index in [1.165, 1.54) is 12.2 Å². The van der Waals surface area contributed by atoms with Crippen LogP contribution >= 0.6 is 0 Å². The molecule has 3 saturated carbocycles. The average Bonchev–Trinajstić information content (AvgIpc) is 3.31. The maximum absolute atomic E-state index is 17.2. The molecule has 0 bridgehead atoms. The molecular formula is C32H39FN2O9. The number of hydrogen-bond acceptors (Lipinski definition) is 10. The first-order valence-electron chi connectivity index (χ1n) is 14.9. The van der Waals surface area contributed by atoms with Crippen LogP contribution in [0.5, 0.6) is 0 Å². The summed E-state index contributed by atoms with van der Waals surface area (Å²) in [6.45, 7) is 2.64. The van der Waals surface area contributed by atoms with Crippen molar-refractivity contribution < 1.29 is 48.7 Å². The zero-order valence-corrected chi connectivity index (χ0v) is 24.8. The summed E-state index contributed by atoms with van der Waals surface area (Å²) in [5.74, 6) is -2.84. The molecular weight excluding hydrogens is 575 g/mol. The minimum atomic E-state index is -1.96. The minimum Gasteiger partial charge on any atom is -0.456 e. The fourth-order valence-corrected chi connectivity index (χ4v) is 8.42. The number of esters is 1. The van der Waals surface area contributed by atoms with E-state index in [4.69, 9.17) is 15.2 Å². The summed E-state index contributed by atoms with van der Waals surface area (Å²) in [5.41, 5.74) is -1.82. The van der Waals surface area contributed by atoms with E-state index in [-0.39, 0.29) is 36.9 Å². The molecule has 5 rings (SSSR count). The Labute approximate surface area is 254 Å². The number of ketones is 2. The highest BCUT2D eigenvalue weighted by Crippen LogP contribution is 2.68. The van der Waals surface area contributed by atoms with Crippen molar-refractivity contribution in [3.63, 3.8) is 0 Å². The summed E-state index contributed by atoms with van der Waals surface area (Å²) in [6.07, 6.45) is 5.33. The Kier molecular flexibility index (Phi) is 8.94. The normalized spacial score (nSPS) is 34.1. The summed E-state index contributed by atoms with van der Waals surface area (Å²) in [7, 11) is 0. The zero-order valence-electron chi connectivity index (χ0n) is 24.8. The second kappa shape index (κ2) is 12.2. The van der Waals surface area contributed by atoms with Crippen molar-refractivity contribution in [2.75, 3.05) is 13.2 Å². The predicted octanol–water partition coefficient (Wildman–Crippen LogP) is 2.96. The van der Waals surface area contributed by atoms with Gasteiger partial charge in [-0.2, -0.15) is 0 Å². The number of allylic oxidation sites excluding steroid dienone is 4. The molecule has 11 nitrogen and oxygen atoms in total. The molecule has 0 aliphatic heterocycles. The molecule has 1 amide bonds. The van der Waals surface area contributed by atoms with E-state index in [0.29, 0.717) is 42.4 Å². The number of amides is 1. The Morgan fingerprint density at radius 3 is 2.61 bits per heavy atom. The number of nitrogens with zero attached hydrogens (tertiary/aromatic N) is 1. The SMILES string of the molecule is C[C@]12C[C@H](O)C3(F)[C@@H](CCC4=CC(=O)C=C[C@@]43C)C1CCC2C(=O)COC(=O)CNC(=O)Cc1cccc(CON(O)O)c1. The van der Waals surface area contributed by atoms with Crippen LogP contribution in [-0.2, 0) is 41.8 Å². The van der Waals surface area contributed by atoms with Gasteiger partial charge in [-0.3, -0.25) is 29.6 Å². The van der Waals surface area contributed by atoms with Gasteiger partial charge < -0.3 is 15.2 Å². The number of ether oxygens (including phenoxy) is 1. The van der Waals surface area contributed by atoms with Crippen LogP contribution in [0.3, 0.4) is 0 Å². The molecule has 238 valence electrons. The average molecular weight is 615 g/mol. The Hall–Kier alpha value is -3.29. The van der Waals surface area contributed by atoms with E-state index in [9.17, 15) is 24.3 Å².